The van der Waals surface area contributed by atoms with Crippen LogP contribution in [0.1, 0.15) is 0 Å². The van der Waals surface area contributed by atoms with Gasteiger partial charge in [0.25, 0.3) is 0 Å². The molecule has 0 amide bonds. The molecule has 0 saturated heterocycles. The lowest BCUT2D eigenvalue weighted by molar-refractivity contribution is -0.137. The zero-order valence-corrected chi connectivity index (χ0v) is 5.59. The van der Waals surface area contributed by atoms with Gasteiger partial charge < -0.3 is 9.53 Å². The highest BCUT2D eigenvalue weighted by Gasteiger charge is 1.92. The molecule has 3 nitrogen and oxygen atoms in total. The number of carbonyl (C=O) groups excluding carboxylic acids is 1. The summed E-state index contributed by atoms with van der Waals surface area (Å²) in [4.78, 5) is 9.97. The maximum absolute atomic E-state index is 9.97. The average Bonchev–Trinajstić information content (AvgIpc) is 1.68. The van der Waals surface area contributed by atoms with E-state index in [1.807, 2.05) is 6.55 Å². The van der Waals surface area contributed by atoms with Gasteiger partial charge in [0.2, 0.25) is 9.76 Å². The summed E-state index contributed by atoms with van der Waals surface area (Å²) in [6, 6.07) is 0. The van der Waals surface area contributed by atoms with Crippen LogP contribution < -0.4 is 0 Å². The minimum Gasteiger partial charge on any atom is -0.524 e. The second-order valence-electron chi connectivity index (χ2n) is 0.963. The Labute approximate surface area is 44.2 Å². The molecule has 42 valence electrons. The third-order valence-electron chi connectivity index (χ3n) is 0.434. The quantitative estimate of drug-likeness (QED) is 0.458. The van der Waals surface area contributed by atoms with Crippen LogP contribution in [0.5, 0.6) is 0 Å². The number of aliphatic hydroxyl groups is 1. The first-order valence-corrected chi connectivity index (χ1v) is 4.07. The Morgan fingerprint density at radius 1 is 2.00 bits per heavy atom. The molecule has 0 aliphatic carbocycles. The molecular weight excluding hydrogens is 112 g/mol. The molecule has 0 aromatic carbocycles. The molecule has 0 aliphatic heterocycles. The zero-order valence-electron chi connectivity index (χ0n) is 4.18. The zero-order chi connectivity index (χ0) is 5.70. The van der Waals surface area contributed by atoms with Crippen molar-refractivity contribution < 1.29 is 14.3 Å². The lowest BCUT2D eigenvalue weighted by Gasteiger charge is -1.93. The summed E-state index contributed by atoms with van der Waals surface area (Å²) >= 11 is 0. The molecule has 0 spiro atoms. The molecule has 0 radical (unpaired) electrons. The molecule has 0 aromatic heterocycles. The molecule has 4 heteroatoms. The van der Waals surface area contributed by atoms with E-state index in [0.717, 1.165) is 0 Å². The Hall–Kier alpha value is -0.353. The first-order chi connectivity index (χ1) is 3.31. The summed E-state index contributed by atoms with van der Waals surface area (Å²) in [5, 5.41) is 8.01. The normalized spacial score (nSPS) is 10.0. The van der Waals surface area contributed by atoms with Crippen LogP contribution in [0.15, 0.2) is 0 Å². The molecule has 0 atom stereocenters. The van der Waals surface area contributed by atoms with Gasteiger partial charge in [-0.15, -0.1) is 0 Å². The molecule has 7 heavy (non-hydrogen) atoms. The van der Waals surface area contributed by atoms with Crippen molar-refractivity contribution in [3.63, 3.8) is 0 Å². The molecule has 0 aliphatic rings. The topological polar surface area (TPSA) is 46.5 Å². The molecule has 0 rings (SSSR count). The number of hydrogen-bond donors (Lipinski definition) is 1. The van der Waals surface area contributed by atoms with E-state index in [-0.39, 0.29) is 0 Å². The second-order valence-corrected chi connectivity index (χ2v) is 1.83. The van der Waals surface area contributed by atoms with Crippen molar-refractivity contribution >= 4 is 15.7 Å². The van der Waals surface area contributed by atoms with Crippen LogP contribution in [0.25, 0.3) is 0 Å². The van der Waals surface area contributed by atoms with E-state index < -0.39 is 22.3 Å². The predicted octanol–water partition coefficient (Wildman–Crippen LogP) is -1.35. The molecular formula is C3H8O3Si. The Morgan fingerprint density at radius 3 is 2.71 bits per heavy atom. The SMILES string of the molecule is C[SiH2]OC(=O)CO. The van der Waals surface area contributed by atoms with E-state index >= 15 is 0 Å². The van der Waals surface area contributed by atoms with Crippen molar-refractivity contribution in [3.8, 4) is 0 Å². The number of hydrogen-bond acceptors (Lipinski definition) is 3. The highest BCUT2D eigenvalue weighted by Crippen LogP contribution is 1.69. The van der Waals surface area contributed by atoms with E-state index in [1.54, 1.807) is 0 Å². The number of aliphatic hydroxyl groups excluding tert-OH is 1. The monoisotopic (exact) mass is 120 g/mol. The van der Waals surface area contributed by atoms with E-state index in [2.05, 4.69) is 4.43 Å². The van der Waals surface area contributed by atoms with Gasteiger partial charge in [-0.05, 0) is 6.55 Å². The summed E-state index contributed by atoms with van der Waals surface area (Å²) < 4.78 is 4.44. The van der Waals surface area contributed by atoms with Gasteiger partial charge in [-0.3, -0.25) is 4.79 Å². The molecule has 0 heterocycles. The Morgan fingerprint density at radius 2 is 2.57 bits per heavy atom. The van der Waals surface area contributed by atoms with E-state index in [1.165, 1.54) is 0 Å². The van der Waals surface area contributed by atoms with Crippen molar-refractivity contribution in [1.82, 2.24) is 0 Å². The summed E-state index contributed by atoms with van der Waals surface area (Å²) in [7, 11) is -0.654. The third kappa shape index (κ3) is 3.48. The van der Waals surface area contributed by atoms with Crippen LogP contribution in [-0.4, -0.2) is 27.4 Å². The standard InChI is InChI=1S/C3H8O3Si/c1-7-6-3(5)2-4/h4H,2,7H2,1H3. The maximum atomic E-state index is 9.97. The Balaban J connectivity index is 3.00. The first kappa shape index (κ1) is 6.65. The van der Waals surface area contributed by atoms with Crippen LogP contribution in [0.3, 0.4) is 0 Å². The van der Waals surface area contributed by atoms with Crippen LogP contribution >= 0.6 is 0 Å². The fourth-order valence-corrected chi connectivity index (χ4v) is 0.620. The fourth-order valence-electron chi connectivity index (χ4n) is 0.207. The summed E-state index contributed by atoms with van der Waals surface area (Å²) in [6.45, 7) is 1.34. The first-order valence-electron chi connectivity index (χ1n) is 2.07. The summed E-state index contributed by atoms with van der Waals surface area (Å²) in [5.74, 6) is -0.505. The molecule has 0 saturated carbocycles. The minimum atomic E-state index is -0.654. The van der Waals surface area contributed by atoms with Gasteiger partial charge in [0.15, 0.2) is 0 Å². The molecule has 0 fully saturated rings. The van der Waals surface area contributed by atoms with Crippen LogP contribution in [-0.2, 0) is 9.22 Å². The van der Waals surface area contributed by atoms with Crippen molar-refractivity contribution in [2.75, 3.05) is 6.61 Å². The van der Waals surface area contributed by atoms with E-state index in [9.17, 15) is 4.79 Å². The van der Waals surface area contributed by atoms with Crippen molar-refractivity contribution in [2.45, 2.75) is 6.55 Å². The molecule has 0 bridgehead atoms. The minimum absolute atomic E-state index is 0.485. The molecule has 0 unspecified atom stereocenters. The summed E-state index contributed by atoms with van der Waals surface area (Å²) in [6.07, 6.45) is 0. The highest BCUT2D eigenvalue weighted by molar-refractivity contribution is 6.28. The van der Waals surface area contributed by atoms with Gasteiger partial charge in [-0.1, -0.05) is 0 Å². The third-order valence-corrected chi connectivity index (χ3v) is 1.05. The van der Waals surface area contributed by atoms with E-state index in [4.69, 9.17) is 5.11 Å². The fraction of sp³-hybridized carbons (Fsp3) is 0.667. The van der Waals surface area contributed by atoms with Gasteiger partial charge in [0, 0.05) is 0 Å². The molecule has 1 N–H and O–H groups in total. The predicted molar refractivity (Wildman–Crippen MR) is 27.6 cm³/mol. The average molecular weight is 120 g/mol. The molecule has 0 aromatic rings. The van der Waals surface area contributed by atoms with Gasteiger partial charge >= 0.3 is 5.97 Å². The van der Waals surface area contributed by atoms with Gasteiger partial charge in [-0.25, -0.2) is 0 Å². The Bertz CT molecular complexity index is 63.2. The van der Waals surface area contributed by atoms with Crippen LogP contribution in [0.4, 0.5) is 0 Å². The lowest BCUT2D eigenvalue weighted by Crippen LogP contribution is -2.09. The largest absolute Gasteiger partial charge is 0.524 e. The van der Waals surface area contributed by atoms with Crippen molar-refractivity contribution in [2.24, 2.45) is 0 Å². The second kappa shape index (κ2) is 3.82. The van der Waals surface area contributed by atoms with Gasteiger partial charge in [0.1, 0.15) is 6.61 Å². The lowest BCUT2D eigenvalue weighted by atomic mass is 10.8. The summed E-state index contributed by atoms with van der Waals surface area (Å²) in [5.41, 5.74) is 0. The Kier molecular flexibility index (Phi) is 3.63. The smallest absolute Gasteiger partial charge is 0.318 e. The van der Waals surface area contributed by atoms with Crippen molar-refractivity contribution in [3.05, 3.63) is 0 Å². The number of rotatable bonds is 2. The van der Waals surface area contributed by atoms with Gasteiger partial charge in [0.05, 0.1) is 0 Å². The van der Waals surface area contributed by atoms with Crippen molar-refractivity contribution in [1.29, 1.82) is 0 Å². The van der Waals surface area contributed by atoms with E-state index in [0.29, 0.717) is 0 Å². The van der Waals surface area contributed by atoms with Crippen LogP contribution in [0.2, 0.25) is 6.55 Å². The number of carbonyl (C=O) groups is 1. The highest BCUT2D eigenvalue weighted by atomic mass is 28.2. The van der Waals surface area contributed by atoms with Crippen LogP contribution in [0, 0.1) is 0 Å². The maximum Gasteiger partial charge on any atom is 0.318 e. The van der Waals surface area contributed by atoms with Gasteiger partial charge in [-0.2, -0.15) is 0 Å².